The molecular formula is C25H25N3O5. The summed E-state index contributed by atoms with van der Waals surface area (Å²) >= 11 is 0. The van der Waals surface area contributed by atoms with Gasteiger partial charge in [-0.15, -0.1) is 0 Å². The molecule has 2 amide bonds. The Labute approximate surface area is 192 Å². The lowest BCUT2D eigenvalue weighted by atomic mass is 10.2. The molecule has 33 heavy (non-hydrogen) atoms. The summed E-state index contributed by atoms with van der Waals surface area (Å²) in [4.78, 5) is 37.7. The number of carbonyl (C=O) groups is 3. The molecule has 0 aliphatic carbocycles. The Bertz CT molecular complexity index is 1140. The molecular weight excluding hydrogens is 422 g/mol. The summed E-state index contributed by atoms with van der Waals surface area (Å²) in [5.74, 6) is 0.132. The van der Waals surface area contributed by atoms with E-state index in [1.165, 1.54) is 13.2 Å². The van der Waals surface area contributed by atoms with E-state index in [2.05, 4.69) is 10.6 Å². The van der Waals surface area contributed by atoms with Gasteiger partial charge in [0.1, 0.15) is 11.5 Å². The van der Waals surface area contributed by atoms with E-state index in [0.717, 1.165) is 5.69 Å². The van der Waals surface area contributed by atoms with Gasteiger partial charge in [-0.1, -0.05) is 6.07 Å². The Kier molecular flexibility index (Phi) is 7.64. The zero-order chi connectivity index (χ0) is 23.8. The average molecular weight is 447 g/mol. The first-order valence-corrected chi connectivity index (χ1v) is 10.1. The first-order chi connectivity index (χ1) is 15.9. The standard InChI is InChI=1S/C25H25N3O5/c1-28(2)21-10-7-17(8-11-21)25(31)27-20-6-4-5-19(13-20)26-24(30)16-33-22-12-9-18(15-29)23(14-22)32-3/h4-15H,16H2,1-3H3,(H,26,30)(H,27,31). The highest BCUT2D eigenvalue weighted by Gasteiger charge is 2.10. The summed E-state index contributed by atoms with van der Waals surface area (Å²) < 4.78 is 10.6. The molecule has 8 nitrogen and oxygen atoms in total. The number of hydrogen-bond donors (Lipinski definition) is 2. The quantitative estimate of drug-likeness (QED) is 0.484. The second-order valence-corrected chi connectivity index (χ2v) is 7.33. The van der Waals surface area contributed by atoms with Gasteiger partial charge in [0, 0.05) is 42.8 Å². The van der Waals surface area contributed by atoms with Crippen LogP contribution in [0, 0.1) is 0 Å². The molecule has 0 atom stereocenters. The second kappa shape index (κ2) is 10.8. The Morgan fingerprint density at radius 3 is 2.27 bits per heavy atom. The molecule has 3 aromatic carbocycles. The van der Waals surface area contributed by atoms with E-state index in [1.54, 1.807) is 48.5 Å². The number of benzene rings is 3. The van der Waals surface area contributed by atoms with E-state index in [4.69, 9.17) is 9.47 Å². The lowest BCUT2D eigenvalue weighted by Gasteiger charge is -2.13. The van der Waals surface area contributed by atoms with Gasteiger partial charge < -0.3 is 25.0 Å². The molecule has 0 saturated carbocycles. The highest BCUT2D eigenvalue weighted by Crippen LogP contribution is 2.23. The predicted octanol–water partition coefficient (Wildman–Crippen LogP) is 3.84. The number of hydrogen-bond acceptors (Lipinski definition) is 6. The van der Waals surface area contributed by atoms with E-state index >= 15 is 0 Å². The van der Waals surface area contributed by atoms with Crippen molar-refractivity contribution in [2.45, 2.75) is 0 Å². The fourth-order valence-corrected chi connectivity index (χ4v) is 3.01. The van der Waals surface area contributed by atoms with Gasteiger partial charge in [-0.25, -0.2) is 0 Å². The fourth-order valence-electron chi connectivity index (χ4n) is 3.01. The number of ether oxygens (including phenoxy) is 2. The van der Waals surface area contributed by atoms with Crippen molar-refractivity contribution in [3.63, 3.8) is 0 Å². The average Bonchev–Trinajstić information content (AvgIpc) is 2.82. The molecule has 0 aromatic heterocycles. The van der Waals surface area contributed by atoms with E-state index in [0.29, 0.717) is 40.3 Å². The molecule has 8 heteroatoms. The zero-order valence-corrected chi connectivity index (χ0v) is 18.6. The van der Waals surface area contributed by atoms with E-state index in [9.17, 15) is 14.4 Å². The van der Waals surface area contributed by atoms with Gasteiger partial charge in [-0.3, -0.25) is 14.4 Å². The minimum absolute atomic E-state index is 0.238. The van der Waals surface area contributed by atoms with Crippen LogP contribution in [0.25, 0.3) is 0 Å². The number of carbonyl (C=O) groups excluding carboxylic acids is 3. The molecule has 0 heterocycles. The summed E-state index contributed by atoms with van der Waals surface area (Å²) in [6.07, 6.45) is 0.680. The molecule has 0 fully saturated rings. The van der Waals surface area contributed by atoms with Crippen molar-refractivity contribution in [1.82, 2.24) is 0 Å². The van der Waals surface area contributed by atoms with Crippen LogP contribution in [-0.4, -0.2) is 45.9 Å². The van der Waals surface area contributed by atoms with Crippen LogP contribution in [0.15, 0.2) is 66.7 Å². The SMILES string of the molecule is COc1cc(OCC(=O)Nc2cccc(NC(=O)c3ccc(N(C)C)cc3)c2)ccc1C=O. The van der Waals surface area contributed by atoms with Crippen LogP contribution in [0.1, 0.15) is 20.7 Å². The van der Waals surface area contributed by atoms with E-state index < -0.39 is 0 Å². The van der Waals surface area contributed by atoms with Gasteiger partial charge in [-0.2, -0.15) is 0 Å². The fraction of sp³-hybridized carbons (Fsp3) is 0.160. The van der Waals surface area contributed by atoms with Crippen molar-refractivity contribution in [3.05, 3.63) is 77.9 Å². The molecule has 0 saturated heterocycles. The number of amides is 2. The number of nitrogens with one attached hydrogen (secondary N) is 2. The van der Waals surface area contributed by atoms with E-state index in [-0.39, 0.29) is 18.4 Å². The van der Waals surface area contributed by atoms with Crippen LogP contribution in [0.5, 0.6) is 11.5 Å². The highest BCUT2D eigenvalue weighted by molar-refractivity contribution is 6.05. The number of aldehydes is 1. The first kappa shape index (κ1) is 23.3. The lowest BCUT2D eigenvalue weighted by Crippen LogP contribution is -2.20. The normalized spacial score (nSPS) is 10.2. The Hall–Kier alpha value is -4.33. The molecule has 0 radical (unpaired) electrons. The topological polar surface area (TPSA) is 97.0 Å². The zero-order valence-electron chi connectivity index (χ0n) is 18.6. The summed E-state index contributed by atoms with van der Waals surface area (Å²) in [7, 11) is 5.31. The molecule has 170 valence electrons. The van der Waals surface area contributed by atoms with Gasteiger partial charge in [0.15, 0.2) is 12.9 Å². The first-order valence-electron chi connectivity index (χ1n) is 10.1. The van der Waals surface area contributed by atoms with Crippen LogP contribution in [0.3, 0.4) is 0 Å². The molecule has 0 unspecified atom stereocenters. The third kappa shape index (κ3) is 6.33. The summed E-state index contributed by atoms with van der Waals surface area (Å²) in [6.45, 7) is -0.238. The minimum Gasteiger partial charge on any atom is -0.496 e. The number of methoxy groups -OCH3 is 1. The largest absolute Gasteiger partial charge is 0.496 e. The third-order valence-corrected chi connectivity index (χ3v) is 4.75. The number of nitrogens with zero attached hydrogens (tertiary/aromatic N) is 1. The monoisotopic (exact) mass is 447 g/mol. The maximum absolute atomic E-state index is 12.5. The maximum atomic E-state index is 12.5. The van der Waals surface area contributed by atoms with Crippen molar-refractivity contribution in [1.29, 1.82) is 0 Å². The van der Waals surface area contributed by atoms with Crippen LogP contribution in [0.4, 0.5) is 17.1 Å². The molecule has 2 N–H and O–H groups in total. The molecule has 0 aliphatic heterocycles. The smallest absolute Gasteiger partial charge is 0.262 e. The van der Waals surface area contributed by atoms with Crippen LogP contribution in [-0.2, 0) is 4.79 Å². The Morgan fingerprint density at radius 2 is 1.64 bits per heavy atom. The van der Waals surface area contributed by atoms with Crippen LogP contribution >= 0.6 is 0 Å². The van der Waals surface area contributed by atoms with Gasteiger partial charge in [0.25, 0.3) is 11.8 Å². The van der Waals surface area contributed by atoms with Crippen molar-refractivity contribution in [3.8, 4) is 11.5 Å². The molecule has 0 bridgehead atoms. The maximum Gasteiger partial charge on any atom is 0.262 e. The molecule has 3 aromatic rings. The molecule has 0 aliphatic rings. The predicted molar refractivity (Wildman–Crippen MR) is 128 cm³/mol. The van der Waals surface area contributed by atoms with Gasteiger partial charge in [0.05, 0.1) is 12.7 Å². The van der Waals surface area contributed by atoms with Gasteiger partial charge in [-0.05, 0) is 54.6 Å². The highest BCUT2D eigenvalue weighted by atomic mass is 16.5. The second-order valence-electron chi connectivity index (χ2n) is 7.33. The Balaban J connectivity index is 1.57. The Morgan fingerprint density at radius 1 is 0.939 bits per heavy atom. The molecule has 0 spiro atoms. The van der Waals surface area contributed by atoms with Crippen molar-refractivity contribution in [2.24, 2.45) is 0 Å². The van der Waals surface area contributed by atoms with E-state index in [1.807, 2.05) is 31.1 Å². The summed E-state index contributed by atoms with van der Waals surface area (Å²) in [6, 6.07) is 18.8. The van der Waals surface area contributed by atoms with Gasteiger partial charge >= 0.3 is 0 Å². The van der Waals surface area contributed by atoms with Crippen molar-refractivity contribution in [2.75, 3.05) is 43.3 Å². The van der Waals surface area contributed by atoms with Crippen molar-refractivity contribution >= 4 is 35.2 Å². The van der Waals surface area contributed by atoms with Crippen LogP contribution < -0.4 is 25.0 Å². The van der Waals surface area contributed by atoms with Crippen molar-refractivity contribution < 1.29 is 23.9 Å². The lowest BCUT2D eigenvalue weighted by molar-refractivity contribution is -0.118. The molecule has 3 rings (SSSR count). The third-order valence-electron chi connectivity index (χ3n) is 4.75. The van der Waals surface area contributed by atoms with Crippen LogP contribution in [0.2, 0.25) is 0 Å². The van der Waals surface area contributed by atoms with Gasteiger partial charge in [0.2, 0.25) is 0 Å². The summed E-state index contributed by atoms with van der Waals surface area (Å²) in [5.41, 5.74) is 2.97. The number of anilines is 3. The summed E-state index contributed by atoms with van der Waals surface area (Å²) in [5, 5.41) is 5.55. The number of rotatable bonds is 9. The minimum atomic E-state index is -0.379.